The summed E-state index contributed by atoms with van der Waals surface area (Å²) in [6.45, 7) is 11.8. The van der Waals surface area contributed by atoms with Gasteiger partial charge in [0.2, 0.25) is 0 Å². The van der Waals surface area contributed by atoms with E-state index < -0.39 is 0 Å². The fraction of sp³-hybridized carbons (Fsp3) is 0.750. The lowest BCUT2D eigenvalue weighted by atomic mass is 9.89. The number of piperidine rings is 1. The van der Waals surface area contributed by atoms with Gasteiger partial charge in [-0.25, -0.2) is 0 Å². The number of halogens is 1. The van der Waals surface area contributed by atoms with Gasteiger partial charge >= 0.3 is 0 Å². The summed E-state index contributed by atoms with van der Waals surface area (Å²) < 4.78 is 5.61. The van der Waals surface area contributed by atoms with Crippen LogP contribution in [0.5, 0.6) is 0 Å². The lowest BCUT2D eigenvalue weighted by molar-refractivity contribution is 0.0205. The van der Waals surface area contributed by atoms with Crippen molar-refractivity contribution < 1.29 is 4.74 Å². The molecule has 0 radical (unpaired) electrons. The Morgan fingerprint density at radius 3 is 2.56 bits per heavy atom. The standard InChI is InChI=1S/C20H36N4OS.HI/c1-20(2,3)18(25-5)14-23-19(21-4)22-13-16-8-10-24(11-9-16)15-17-7-6-12-26-17;/h6-7,12,16,18H,8-11,13-15H2,1-5H3,(H2,21,22,23);1H. The molecule has 5 nitrogen and oxygen atoms in total. The molecule has 1 unspecified atom stereocenters. The molecule has 1 aliphatic rings. The molecule has 2 N–H and O–H groups in total. The number of hydrogen-bond acceptors (Lipinski definition) is 4. The molecule has 1 aromatic heterocycles. The van der Waals surface area contributed by atoms with Crippen molar-refractivity contribution in [2.75, 3.05) is 40.3 Å². The summed E-state index contributed by atoms with van der Waals surface area (Å²) in [7, 11) is 3.61. The van der Waals surface area contributed by atoms with Crippen molar-refractivity contribution >= 4 is 41.3 Å². The van der Waals surface area contributed by atoms with Gasteiger partial charge in [-0.05, 0) is 48.7 Å². The van der Waals surface area contributed by atoms with Gasteiger partial charge in [-0.3, -0.25) is 9.89 Å². The maximum Gasteiger partial charge on any atom is 0.191 e. The quantitative estimate of drug-likeness (QED) is 0.334. The van der Waals surface area contributed by atoms with Crippen LogP contribution < -0.4 is 10.6 Å². The summed E-state index contributed by atoms with van der Waals surface area (Å²) in [5.41, 5.74) is 0.107. The summed E-state index contributed by atoms with van der Waals surface area (Å²) in [6, 6.07) is 4.38. The van der Waals surface area contributed by atoms with Crippen LogP contribution in [0, 0.1) is 11.3 Å². The normalized spacial score (nSPS) is 18.0. The molecule has 0 saturated carbocycles. The van der Waals surface area contributed by atoms with E-state index in [-0.39, 0.29) is 35.5 Å². The third-order valence-electron chi connectivity index (χ3n) is 5.15. The Labute approximate surface area is 186 Å². The van der Waals surface area contributed by atoms with Crippen LogP contribution in [0.3, 0.4) is 0 Å². The second kappa shape index (κ2) is 12.2. The van der Waals surface area contributed by atoms with Gasteiger partial charge in [0.15, 0.2) is 5.96 Å². The number of aliphatic imine (C=N–C) groups is 1. The Kier molecular flexibility index (Phi) is 11.2. The number of guanidine groups is 1. The van der Waals surface area contributed by atoms with Gasteiger partial charge < -0.3 is 15.4 Å². The number of methoxy groups -OCH3 is 1. The van der Waals surface area contributed by atoms with Crippen molar-refractivity contribution in [1.82, 2.24) is 15.5 Å². The van der Waals surface area contributed by atoms with Crippen LogP contribution in [0.25, 0.3) is 0 Å². The zero-order valence-corrected chi connectivity index (χ0v) is 20.6. The van der Waals surface area contributed by atoms with Crippen molar-refractivity contribution in [2.45, 2.75) is 46.3 Å². The number of thiophene rings is 1. The van der Waals surface area contributed by atoms with Crippen molar-refractivity contribution in [3.63, 3.8) is 0 Å². The molecule has 1 aliphatic heterocycles. The number of nitrogens with zero attached hydrogens (tertiary/aromatic N) is 2. The monoisotopic (exact) mass is 508 g/mol. The first-order valence-electron chi connectivity index (χ1n) is 9.64. The molecule has 1 atom stereocenters. The minimum atomic E-state index is 0. The number of rotatable bonds is 7. The average molecular weight is 509 g/mol. The second-order valence-corrected chi connectivity index (χ2v) is 9.26. The average Bonchev–Trinajstić information content (AvgIpc) is 3.11. The summed E-state index contributed by atoms with van der Waals surface area (Å²) in [4.78, 5) is 8.40. The molecule has 2 heterocycles. The molecule has 0 bridgehead atoms. The Morgan fingerprint density at radius 2 is 2.04 bits per heavy atom. The van der Waals surface area contributed by atoms with Crippen LogP contribution in [0.15, 0.2) is 22.5 Å². The molecule has 1 aromatic rings. The van der Waals surface area contributed by atoms with Crippen molar-refractivity contribution in [1.29, 1.82) is 0 Å². The Bertz CT molecular complexity index is 537. The molecular weight excluding hydrogens is 471 g/mol. The van der Waals surface area contributed by atoms with Crippen LogP contribution >= 0.6 is 35.3 Å². The van der Waals surface area contributed by atoms with E-state index >= 15 is 0 Å². The molecule has 27 heavy (non-hydrogen) atoms. The SMILES string of the molecule is CN=C(NCC1CCN(Cc2cccs2)CC1)NCC(OC)C(C)(C)C.I. The predicted octanol–water partition coefficient (Wildman–Crippen LogP) is 3.80. The van der Waals surface area contributed by atoms with E-state index in [1.807, 2.05) is 18.4 Å². The zero-order valence-electron chi connectivity index (χ0n) is 17.5. The van der Waals surface area contributed by atoms with Gasteiger partial charge in [0.25, 0.3) is 0 Å². The molecule has 0 amide bonds. The highest BCUT2D eigenvalue weighted by Gasteiger charge is 2.24. The predicted molar refractivity (Wildman–Crippen MR) is 127 cm³/mol. The highest BCUT2D eigenvalue weighted by atomic mass is 127. The molecule has 7 heteroatoms. The minimum Gasteiger partial charge on any atom is -0.379 e. The third-order valence-corrected chi connectivity index (χ3v) is 6.01. The molecule has 1 fully saturated rings. The highest BCUT2D eigenvalue weighted by molar-refractivity contribution is 14.0. The Morgan fingerprint density at radius 1 is 1.33 bits per heavy atom. The van der Waals surface area contributed by atoms with Crippen molar-refractivity contribution in [3.8, 4) is 0 Å². The van der Waals surface area contributed by atoms with Gasteiger partial charge in [-0.2, -0.15) is 0 Å². The third kappa shape index (κ3) is 8.66. The van der Waals surface area contributed by atoms with Gasteiger partial charge in [0.1, 0.15) is 0 Å². The maximum absolute atomic E-state index is 5.61. The van der Waals surface area contributed by atoms with Gasteiger partial charge in [0, 0.05) is 38.7 Å². The van der Waals surface area contributed by atoms with E-state index in [9.17, 15) is 0 Å². The lowest BCUT2D eigenvalue weighted by Gasteiger charge is -2.32. The smallest absolute Gasteiger partial charge is 0.191 e. The van der Waals surface area contributed by atoms with Crippen LogP contribution in [-0.4, -0.2) is 57.3 Å². The largest absolute Gasteiger partial charge is 0.379 e. The van der Waals surface area contributed by atoms with E-state index in [2.05, 4.69) is 58.8 Å². The number of ether oxygens (including phenoxy) is 1. The molecule has 156 valence electrons. The van der Waals surface area contributed by atoms with Crippen LogP contribution in [0.4, 0.5) is 0 Å². The topological polar surface area (TPSA) is 48.9 Å². The zero-order chi connectivity index (χ0) is 19.0. The van der Waals surface area contributed by atoms with E-state index in [1.165, 1.54) is 30.8 Å². The van der Waals surface area contributed by atoms with Crippen LogP contribution in [0.2, 0.25) is 0 Å². The van der Waals surface area contributed by atoms with Crippen LogP contribution in [0.1, 0.15) is 38.5 Å². The van der Waals surface area contributed by atoms with Gasteiger partial charge in [-0.15, -0.1) is 35.3 Å². The summed E-state index contributed by atoms with van der Waals surface area (Å²) >= 11 is 1.86. The fourth-order valence-corrected chi connectivity index (χ4v) is 4.11. The van der Waals surface area contributed by atoms with E-state index in [0.29, 0.717) is 5.92 Å². The van der Waals surface area contributed by atoms with Gasteiger partial charge in [0.05, 0.1) is 6.10 Å². The Hall–Kier alpha value is -0.380. The van der Waals surface area contributed by atoms with Crippen molar-refractivity contribution in [2.24, 2.45) is 16.3 Å². The summed E-state index contributed by atoms with van der Waals surface area (Å²) in [5.74, 6) is 1.59. The second-order valence-electron chi connectivity index (χ2n) is 8.22. The lowest BCUT2D eigenvalue weighted by Crippen LogP contribution is -2.47. The molecule has 1 saturated heterocycles. The molecule has 0 aliphatic carbocycles. The minimum absolute atomic E-state index is 0. The van der Waals surface area contributed by atoms with Crippen molar-refractivity contribution in [3.05, 3.63) is 22.4 Å². The number of hydrogen-bond donors (Lipinski definition) is 2. The molecular formula is C20H37IN4OS. The first-order chi connectivity index (χ1) is 12.4. The summed E-state index contributed by atoms with van der Waals surface area (Å²) in [6.07, 6.45) is 2.65. The van der Waals surface area contributed by atoms with E-state index in [1.54, 1.807) is 7.11 Å². The first kappa shape index (κ1) is 24.7. The fourth-order valence-electron chi connectivity index (χ4n) is 3.37. The first-order valence-corrected chi connectivity index (χ1v) is 10.5. The summed E-state index contributed by atoms with van der Waals surface area (Å²) in [5, 5.41) is 9.07. The van der Waals surface area contributed by atoms with E-state index in [4.69, 9.17) is 4.74 Å². The Balaban J connectivity index is 0.00000364. The number of likely N-dealkylation sites (tertiary alicyclic amines) is 1. The van der Waals surface area contributed by atoms with Gasteiger partial charge in [-0.1, -0.05) is 26.8 Å². The van der Waals surface area contributed by atoms with Crippen LogP contribution in [-0.2, 0) is 11.3 Å². The molecule has 0 spiro atoms. The highest BCUT2D eigenvalue weighted by Crippen LogP contribution is 2.21. The number of nitrogens with one attached hydrogen (secondary N) is 2. The maximum atomic E-state index is 5.61. The molecule has 2 rings (SSSR count). The van der Waals surface area contributed by atoms with E-state index in [0.717, 1.165) is 25.6 Å². The molecule has 0 aromatic carbocycles.